The molecule has 12 heteroatoms. The van der Waals surface area contributed by atoms with E-state index in [0.717, 1.165) is 12.3 Å². The van der Waals surface area contributed by atoms with Crippen LogP contribution >= 0.6 is 0 Å². The maximum absolute atomic E-state index is 13.7. The van der Waals surface area contributed by atoms with Crippen molar-refractivity contribution in [3.8, 4) is 0 Å². The highest BCUT2D eigenvalue weighted by Gasteiger charge is 2.48. The van der Waals surface area contributed by atoms with Gasteiger partial charge in [0, 0.05) is 44.3 Å². The highest BCUT2D eigenvalue weighted by atomic mass is 19.3. The average Bonchev–Trinajstić information content (AvgIpc) is 2.65. The van der Waals surface area contributed by atoms with E-state index in [2.05, 4.69) is 20.9 Å². The van der Waals surface area contributed by atoms with Crippen molar-refractivity contribution < 1.29 is 36.3 Å². The minimum Gasteiger partial charge on any atom is -0.353 e. The number of rotatable bonds is 10. The zero-order valence-corrected chi connectivity index (χ0v) is 16.9. The predicted molar refractivity (Wildman–Crippen MR) is 100 cm³/mol. The first-order valence-electron chi connectivity index (χ1n) is 9.51. The van der Waals surface area contributed by atoms with Crippen LogP contribution in [0.3, 0.4) is 0 Å². The molecule has 3 N–H and O–H groups in total. The molecule has 7 nitrogen and oxygen atoms in total. The third kappa shape index (κ3) is 7.23. The van der Waals surface area contributed by atoms with E-state index >= 15 is 0 Å². The lowest BCUT2D eigenvalue weighted by molar-refractivity contribution is -0.145. The van der Waals surface area contributed by atoms with Gasteiger partial charge in [-0.1, -0.05) is 0 Å². The molecule has 2 amide bonds. The number of carbonyl (C=O) groups excluding carboxylic acids is 3. The van der Waals surface area contributed by atoms with Gasteiger partial charge in [-0.15, -0.1) is 0 Å². The number of nitrogens with zero attached hydrogens (tertiary/aromatic N) is 1. The molecule has 0 bridgehead atoms. The van der Waals surface area contributed by atoms with Crippen molar-refractivity contribution in [3.05, 3.63) is 23.6 Å². The summed E-state index contributed by atoms with van der Waals surface area (Å²) in [5.74, 6) is -10.5. The van der Waals surface area contributed by atoms with E-state index in [1.165, 1.54) is 7.05 Å². The number of halogens is 5. The summed E-state index contributed by atoms with van der Waals surface area (Å²) in [6.45, 7) is 0.367. The van der Waals surface area contributed by atoms with Crippen molar-refractivity contribution in [1.82, 2.24) is 15.6 Å². The van der Waals surface area contributed by atoms with Gasteiger partial charge >= 0.3 is 0 Å². The van der Waals surface area contributed by atoms with Crippen molar-refractivity contribution >= 4 is 23.4 Å². The minimum atomic E-state index is -3.08. The molecule has 1 heterocycles. The summed E-state index contributed by atoms with van der Waals surface area (Å²) in [5.41, 5.74) is 0.0531. The zero-order chi connectivity index (χ0) is 23.4. The summed E-state index contributed by atoms with van der Waals surface area (Å²) >= 11 is 0. The molecular formula is C19H23F5N4O3. The van der Waals surface area contributed by atoms with Crippen LogP contribution in [-0.4, -0.2) is 47.5 Å². The second-order valence-corrected chi connectivity index (χ2v) is 7.60. The van der Waals surface area contributed by atoms with Gasteiger partial charge in [0.2, 0.25) is 23.5 Å². The van der Waals surface area contributed by atoms with Gasteiger partial charge in [-0.25, -0.2) is 26.9 Å². The number of nitrogens with one attached hydrogen (secondary N) is 3. The molecule has 0 aromatic carbocycles. The Morgan fingerprint density at radius 3 is 2.48 bits per heavy atom. The number of hydrogen-bond acceptors (Lipinski definition) is 5. The van der Waals surface area contributed by atoms with Gasteiger partial charge in [0.05, 0.1) is 12.2 Å². The smallest absolute Gasteiger partial charge is 0.288 e. The fraction of sp³-hybridized carbons (Fsp3) is 0.579. The van der Waals surface area contributed by atoms with E-state index < -0.39 is 66.5 Å². The maximum atomic E-state index is 13.7. The molecule has 1 aliphatic carbocycles. The zero-order valence-electron chi connectivity index (χ0n) is 16.9. The summed E-state index contributed by atoms with van der Waals surface area (Å²) < 4.78 is 66.1. The van der Waals surface area contributed by atoms with E-state index in [4.69, 9.17) is 0 Å². The first-order chi connectivity index (χ1) is 14.3. The Morgan fingerprint density at radius 1 is 1.29 bits per heavy atom. The number of hydrogen-bond donors (Lipinski definition) is 3. The number of alkyl halides is 4. The second kappa shape index (κ2) is 9.67. The van der Waals surface area contributed by atoms with Crippen LogP contribution in [0.1, 0.15) is 38.2 Å². The molecule has 1 aliphatic rings. The number of likely N-dealkylation sites (N-methyl/N-ethyl adjacent to an activating group) is 1. The number of aromatic nitrogens is 1. The summed E-state index contributed by atoms with van der Waals surface area (Å²) in [6, 6.07) is -0.316. The van der Waals surface area contributed by atoms with Crippen LogP contribution < -0.4 is 16.0 Å². The molecule has 1 fully saturated rings. The van der Waals surface area contributed by atoms with Gasteiger partial charge in [-0.05, 0) is 19.4 Å². The SMILES string of the molecule is CNC(=O)C(=O)[C@H](CCC(C)(F)F)NCc1cc(F)cnc1NC(=O)C1CC(F)(F)C1. The van der Waals surface area contributed by atoms with E-state index in [0.29, 0.717) is 6.92 Å². The fourth-order valence-corrected chi connectivity index (χ4v) is 3.03. The molecule has 1 atom stereocenters. The van der Waals surface area contributed by atoms with Crippen LogP contribution in [0, 0.1) is 11.7 Å². The third-order valence-electron chi connectivity index (χ3n) is 4.81. The first-order valence-corrected chi connectivity index (χ1v) is 9.51. The molecule has 0 unspecified atom stereocenters. The number of ketones is 1. The van der Waals surface area contributed by atoms with E-state index in [1.807, 2.05) is 0 Å². The highest BCUT2D eigenvalue weighted by Crippen LogP contribution is 2.42. The van der Waals surface area contributed by atoms with Gasteiger partial charge in [-0.3, -0.25) is 14.4 Å². The molecule has 0 saturated heterocycles. The molecule has 0 aliphatic heterocycles. The summed E-state index contributed by atoms with van der Waals surface area (Å²) in [5, 5.41) is 7.07. The largest absolute Gasteiger partial charge is 0.353 e. The Kier molecular flexibility index (Phi) is 7.68. The van der Waals surface area contributed by atoms with Gasteiger partial charge < -0.3 is 16.0 Å². The third-order valence-corrected chi connectivity index (χ3v) is 4.81. The lowest BCUT2D eigenvalue weighted by atomic mass is 9.81. The summed E-state index contributed by atoms with van der Waals surface area (Å²) in [4.78, 5) is 39.7. The minimum absolute atomic E-state index is 0.0531. The number of amides is 2. The van der Waals surface area contributed by atoms with Crippen LogP contribution in [0.2, 0.25) is 0 Å². The lowest BCUT2D eigenvalue weighted by Crippen LogP contribution is -2.45. The van der Waals surface area contributed by atoms with E-state index in [-0.39, 0.29) is 24.3 Å². The van der Waals surface area contributed by atoms with Crippen LogP contribution in [0.4, 0.5) is 27.8 Å². The Hall–Kier alpha value is -2.63. The molecule has 1 aromatic rings. The first kappa shape index (κ1) is 24.6. The fourth-order valence-electron chi connectivity index (χ4n) is 3.03. The van der Waals surface area contributed by atoms with Crippen molar-refractivity contribution in [2.75, 3.05) is 12.4 Å². The van der Waals surface area contributed by atoms with Crippen LogP contribution in [-0.2, 0) is 20.9 Å². The Bertz CT molecular complexity index is 836. The van der Waals surface area contributed by atoms with Gasteiger partial charge in [0.1, 0.15) is 11.6 Å². The summed E-state index contributed by atoms with van der Waals surface area (Å²) in [7, 11) is 1.21. The summed E-state index contributed by atoms with van der Waals surface area (Å²) in [6.07, 6.45) is -1.48. The standard InChI is InChI=1S/C19H23F5N4O3/c1-18(21,22)4-3-13(14(29)17(31)25-2)26-8-10-5-12(20)9-27-15(10)28-16(30)11-6-19(23,24)7-11/h5,9,11,13,26H,3-4,6-8H2,1-2H3,(H,25,31)(H,27,28,30)/t13-/m0/s1. The van der Waals surface area contributed by atoms with Crippen molar-refractivity contribution in [1.29, 1.82) is 0 Å². The predicted octanol–water partition coefficient (Wildman–Crippen LogP) is 2.41. The maximum Gasteiger partial charge on any atom is 0.288 e. The van der Waals surface area contributed by atoms with Crippen molar-refractivity contribution in [3.63, 3.8) is 0 Å². The number of Topliss-reactive ketones (excluding diaryl/α,β-unsaturated/α-hetero) is 1. The molecular weight excluding hydrogens is 427 g/mol. The average molecular weight is 450 g/mol. The molecule has 1 saturated carbocycles. The van der Waals surface area contributed by atoms with E-state index in [9.17, 15) is 36.3 Å². The molecule has 0 radical (unpaired) electrons. The Morgan fingerprint density at radius 2 is 1.94 bits per heavy atom. The van der Waals surface area contributed by atoms with Crippen LogP contribution in [0.25, 0.3) is 0 Å². The molecule has 31 heavy (non-hydrogen) atoms. The topological polar surface area (TPSA) is 100 Å². The van der Waals surface area contributed by atoms with Crippen LogP contribution in [0.5, 0.6) is 0 Å². The second-order valence-electron chi connectivity index (χ2n) is 7.60. The number of anilines is 1. The normalized spacial score (nSPS) is 16.9. The van der Waals surface area contributed by atoms with Gasteiger partial charge in [-0.2, -0.15) is 0 Å². The quantitative estimate of drug-likeness (QED) is 0.376. The number of carbonyl (C=O) groups is 3. The van der Waals surface area contributed by atoms with Crippen molar-refractivity contribution in [2.24, 2.45) is 5.92 Å². The highest BCUT2D eigenvalue weighted by molar-refractivity contribution is 6.38. The van der Waals surface area contributed by atoms with Gasteiger partial charge in [0.25, 0.3) is 5.91 Å². The monoisotopic (exact) mass is 450 g/mol. The Labute approximate surface area is 175 Å². The van der Waals surface area contributed by atoms with E-state index in [1.54, 1.807) is 0 Å². The Balaban J connectivity index is 2.11. The number of pyridine rings is 1. The molecule has 2 rings (SSSR count). The molecule has 1 aromatic heterocycles. The molecule has 172 valence electrons. The van der Waals surface area contributed by atoms with Gasteiger partial charge in [0.15, 0.2) is 0 Å². The lowest BCUT2D eigenvalue weighted by Gasteiger charge is -2.33. The van der Waals surface area contributed by atoms with Crippen LogP contribution in [0.15, 0.2) is 12.3 Å². The van der Waals surface area contributed by atoms with Crippen molar-refractivity contribution in [2.45, 2.75) is 57.0 Å². The molecule has 0 spiro atoms.